The van der Waals surface area contributed by atoms with Crippen molar-refractivity contribution in [3.05, 3.63) is 35.6 Å². The topological polar surface area (TPSA) is 35.1 Å². The SMILES string of the molecule is CC(C)(C)[S@@+]([O-])NC(c1ccccc1F)C(F)F. The highest BCUT2D eigenvalue weighted by Gasteiger charge is 2.35. The number of halogens is 3. The van der Waals surface area contributed by atoms with Crippen LogP contribution < -0.4 is 4.72 Å². The van der Waals surface area contributed by atoms with Crippen LogP contribution in [0.3, 0.4) is 0 Å². The Hall–Kier alpha value is -0.720. The standard InChI is InChI=1S/C12H16F3NOS/c1-12(2,3)18(17)16-10(11(14)15)8-6-4-5-7-9(8)13/h4-7,10-11,16H,1-3H3/t10?,18-/m1/s1. The van der Waals surface area contributed by atoms with Gasteiger partial charge in [0.2, 0.25) is 0 Å². The van der Waals surface area contributed by atoms with Crippen molar-refractivity contribution in [2.45, 2.75) is 38.0 Å². The van der Waals surface area contributed by atoms with Gasteiger partial charge in [0.25, 0.3) is 6.43 Å². The Bertz CT molecular complexity index is 395. The van der Waals surface area contributed by atoms with Crippen LogP contribution >= 0.6 is 0 Å². The van der Waals surface area contributed by atoms with E-state index in [2.05, 4.69) is 4.72 Å². The zero-order valence-electron chi connectivity index (χ0n) is 10.4. The first-order chi connectivity index (χ1) is 8.23. The maximum atomic E-state index is 13.5. The van der Waals surface area contributed by atoms with Crippen LogP contribution in [0.25, 0.3) is 0 Å². The minimum Gasteiger partial charge on any atom is -0.598 e. The van der Waals surface area contributed by atoms with Crippen LogP contribution in [0.5, 0.6) is 0 Å². The monoisotopic (exact) mass is 279 g/mol. The molecule has 0 saturated heterocycles. The van der Waals surface area contributed by atoms with E-state index in [4.69, 9.17) is 0 Å². The molecule has 1 rings (SSSR count). The predicted molar refractivity (Wildman–Crippen MR) is 66.2 cm³/mol. The lowest BCUT2D eigenvalue weighted by Crippen LogP contribution is -2.43. The summed E-state index contributed by atoms with van der Waals surface area (Å²) < 4.78 is 52.8. The molecule has 2 atom stereocenters. The van der Waals surface area contributed by atoms with E-state index in [0.29, 0.717) is 0 Å². The third-order valence-corrected chi connectivity index (χ3v) is 3.86. The summed E-state index contributed by atoms with van der Waals surface area (Å²) in [5.41, 5.74) is -0.176. The molecule has 1 unspecified atom stereocenters. The fourth-order valence-corrected chi connectivity index (χ4v) is 2.08. The van der Waals surface area contributed by atoms with Crippen molar-refractivity contribution in [3.8, 4) is 0 Å². The molecule has 0 bridgehead atoms. The molecule has 0 heterocycles. The lowest BCUT2D eigenvalue weighted by molar-refractivity contribution is 0.107. The van der Waals surface area contributed by atoms with Gasteiger partial charge in [0, 0.05) is 16.9 Å². The van der Waals surface area contributed by atoms with Gasteiger partial charge in [-0.1, -0.05) is 18.2 Å². The second-order valence-electron chi connectivity index (χ2n) is 4.83. The third kappa shape index (κ3) is 3.90. The third-order valence-electron chi connectivity index (χ3n) is 2.28. The number of nitrogens with one attached hydrogen (secondary N) is 1. The number of rotatable bonds is 4. The molecule has 6 heteroatoms. The molecular weight excluding hydrogens is 263 g/mol. The van der Waals surface area contributed by atoms with Gasteiger partial charge in [0.05, 0.1) is 0 Å². The lowest BCUT2D eigenvalue weighted by Gasteiger charge is -2.27. The van der Waals surface area contributed by atoms with Gasteiger partial charge in [0.1, 0.15) is 16.6 Å². The van der Waals surface area contributed by atoms with Crippen molar-refractivity contribution >= 4 is 11.4 Å². The maximum Gasteiger partial charge on any atom is 0.262 e. The maximum absolute atomic E-state index is 13.5. The minimum absolute atomic E-state index is 0.176. The molecule has 0 aliphatic rings. The number of hydrogen-bond donors (Lipinski definition) is 1. The molecule has 18 heavy (non-hydrogen) atoms. The van der Waals surface area contributed by atoms with E-state index in [1.807, 2.05) is 0 Å². The smallest absolute Gasteiger partial charge is 0.262 e. The highest BCUT2D eigenvalue weighted by atomic mass is 32.2. The molecule has 0 aliphatic heterocycles. The van der Waals surface area contributed by atoms with Gasteiger partial charge in [-0.25, -0.2) is 13.2 Å². The van der Waals surface area contributed by atoms with Crippen LogP contribution in [0.4, 0.5) is 13.2 Å². The average Bonchev–Trinajstić information content (AvgIpc) is 2.25. The zero-order valence-corrected chi connectivity index (χ0v) is 11.2. The van der Waals surface area contributed by atoms with Gasteiger partial charge >= 0.3 is 0 Å². The van der Waals surface area contributed by atoms with Crippen LogP contribution in [0.1, 0.15) is 32.4 Å². The number of benzene rings is 1. The van der Waals surface area contributed by atoms with Crippen molar-refractivity contribution in [1.82, 2.24) is 4.72 Å². The molecular formula is C12H16F3NOS. The highest BCUT2D eigenvalue weighted by Crippen LogP contribution is 2.26. The van der Waals surface area contributed by atoms with E-state index < -0.39 is 34.4 Å². The van der Waals surface area contributed by atoms with Gasteiger partial charge in [-0.15, -0.1) is 4.72 Å². The first kappa shape index (κ1) is 15.3. The summed E-state index contributed by atoms with van der Waals surface area (Å²) in [7, 11) is 0. The molecule has 0 aliphatic carbocycles. The Morgan fingerprint density at radius 3 is 2.22 bits per heavy atom. The van der Waals surface area contributed by atoms with Crippen LogP contribution in [0.15, 0.2) is 24.3 Å². The van der Waals surface area contributed by atoms with Crippen molar-refractivity contribution in [3.63, 3.8) is 0 Å². The average molecular weight is 279 g/mol. The van der Waals surface area contributed by atoms with Crippen LogP contribution in [-0.4, -0.2) is 15.7 Å². The van der Waals surface area contributed by atoms with Crippen molar-refractivity contribution in [2.75, 3.05) is 0 Å². The number of alkyl halides is 2. The molecule has 0 spiro atoms. The highest BCUT2D eigenvalue weighted by molar-refractivity contribution is 7.90. The largest absolute Gasteiger partial charge is 0.598 e. The van der Waals surface area contributed by atoms with Gasteiger partial charge < -0.3 is 4.55 Å². The van der Waals surface area contributed by atoms with Crippen LogP contribution in [0.2, 0.25) is 0 Å². The Morgan fingerprint density at radius 1 is 1.22 bits per heavy atom. The van der Waals surface area contributed by atoms with E-state index in [-0.39, 0.29) is 5.56 Å². The first-order valence-electron chi connectivity index (χ1n) is 5.44. The Labute approximate surface area is 108 Å². The van der Waals surface area contributed by atoms with E-state index in [0.717, 1.165) is 6.07 Å². The van der Waals surface area contributed by atoms with Gasteiger partial charge in [-0.2, -0.15) is 0 Å². The quantitative estimate of drug-likeness (QED) is 0.859. The molecule has 2 nitrogen and oxygen atoms in total. The van der Waals surface area contributed by atoms with Crippen LogP contribution in [0, 0.1) is 5.82 Å². The molecule has 0 amide bonds. The van der Waals surface area contributed by atoms with Gasteiger partial charge in [0.15, 0.2) is 0 Å². The molecule has 1 N–H and O–H groups in total. The molecule has 1 aromatic rings. The fourth-order valence-electron chi connectivity index (χ4n) is 1.27. The van der Waals surface area contributed by atoms with Crippen molar-refractivity contribution in [2.24, 2.45) is 0 Å². The van der Waals surface area contributed by atoms with Crippen molar-refractivity contribution < 1.29 is 17.7 Å². The summed E-state index contributed by atoms with van der Waals surface area (Å²) in [5.74, 6) is -0.735. The molecule has 0 radical (unpaired) electrons. The van der Waals surface area contributed by atoms with E-state index in [1.54, 1.807) is 20.8 Å². The summed E-state index contributed by atoms with van der Waals surface area (Å²) in [6.45, 7) is 4.96. The molecule has 1 aromatic carbocycles. The summed E-state index contributed by atoms with van der Waals surface area (Å²) in [6.07, 6.45) is -2.84. The fraction of sp³-hybridized carbons (Fsp3) is 0.500. The Morgan fingerprint density at radius 2 is 1.78 bits per heavy atom. The Kier molecular flexibility index (Phi) is 5.07. The summed E-state index contributed by atoms with van der Waals surface area (Å²) >= 11 is -1.69. The summed E-state index contributed by atoms with van der Waals surface area (Å²) in [6, 6.07) is 3.68. The summed E-state index contributed by atoms with van der Waals surface area (Å²) in [4.78, 5) is 0. The molecule has 0 aromatic heterocycles. The van der Waals surface area contributed by atoms with Crippen molar-refractivity contribution in [1.29, 1.82) is 0 Å². The van der Waals surface area contributed by atoms with Crippen LogP contribution in [-0.2, 0) is 11.4 Å². The second kappa shape index (κ2) is 5.95. The van der Waals surface area contributed by atoms with E-state index >= 15 is 0 Å². The molecule has 102 valence electrons. The first-order valence-corrected chi connectivity index (χ1v) is 6.59. The zero-order chi connectivity index (χ0) is 13.9. The van der Waals surface area contributed by atoms with E-state index in [1.165, 1.54) is 18.2 Å². The van der Waals surface area contributed by atoms with E-state index in [9.17, 15) is 17.7 Å². The van der Waals surface area contributed by atoms with Gasteiger partial charge in [-0.05, 0) is 26.8 Å². The molecule has 0 saturated carbocycles. The summed E-state index contributed by atoms with van der Waals surface area (Å²) in [5, 5.41) is 0. The number of hydrogen-bond acceptors (Lipinski definition) is 2. The normalized spacial score (nSPS) is 15.8. The van der Waals surface area contributed by atoms with Gasteiger partial charge in [-0.3, -0.25) is 0 Å². The predicted octanol–water partition coefficient (Wildman–Crippen LogP) is 3.18. The second-order valence-corrected chi connectivity index (χ2v) is 6.83. The Balaban J connectivity index is 2.95. The minimum atomic E-state index is -2.84. The molecule has 0 fully saturated rings. The lowest BCUT2D eigenvalue weighted by atomic mass is 10.1.